The van der Waals surface area contributed by atoms with Gasteiger partial charge < -0.3 is 14.4 Å². The second-order valence-corrected chi connectivity index (χ2v) is 5.05. The number of esters is 2. The number of nitrogens with zero attached hydrogens (tertiary/aromatic N) is 1. The van der Waals surface area contributed by atoms with Gasteiger partial charge >= 0.3 is 11.9 Å². The summed E-state index contributed by atoms with van der Waals surface area (Å²) in [5, 5.41) is 0. The monoisotopic (exact) mass is 293 g/mol. The summed E-state index contributed by atoms with van der Waals surface area (Å²) >= 11 is 0. The number of hydrogen-bond donors (Lipinski definition) is 0. The van der Waals surface area contributed by atoms with E-state index in [0.717, 1.165) is 16.8 Å². The average molecular weight is 293 g/mol. The standard InChI is InChI=1S/C16H23NO4/c1-10-8-7-9-11(2)14(10)17(12(3)15(18)20-5)13(4)16(19)21-6/h7-9,12-13H,1-6H3. The molecule has 1 rings (SSSR count). The maximum atomic E-state index is 11.9. The average Bonchev–Trinajstić information content (AvgIpc) is 2.48. The lowest BCUT2D eigenvalue weighted by Crippen LogP contribution is -2.49. The Labute approximate surface area is 125 Å². The molecule has 0 saturated carbocycles. The number of ether oxygens (including phenoxy) is 2. The van der Waals surface area contributed by atoms with Crippen molar-refractivity contribution in [1.82, 2.24) is 0 Å². The molecule has 0 spiro atoms. The largest absolute Gasteiger partial charge is 0.467 e. The summed E-state index contributed by atoms with van der Waals surface area (Å²) in [6.45, 7) is 7.33. The number of carbonyl (C=O) groups excluding carboxylic acids is 2. The quantitative estimate of drug-likeness (QED) is 0.779. The van der Waals surface area contributed by atoms with E-state index in [2.05, 4.69) is 0 Å². The minimum absolute atomic E-state index is 0.395. The van der Waals surface area contributed by atoms with E-state index in [-0.39, 0.29) is 0 Å². The zero-order valence-electron chi connectivity index (χ0n) is 13.5. The normalized spacial score (nSPS) is 13.2. The van der Waals surface area contributed by atoms with Crippen LogP contribution >= 0.6 is 0 Å². The van der Waals surface area contributed by atoms with Gasteiger partial charge in [0, 0.05) is 5.69 Å². The van der Waals surface area contributed by atoms with Crippen LogP contribution in [0.4, 0.5) is 5.69 Å². The number of methoxy groups -OCH3 is 2. The van der Waals surface area contributed by atoms with E-state index in [4.69, 9.17) is 9.47 Å². The molecule has 21 heavy (non-hydrogen) atoms. The first-order valence-corrected chi connectivity index (χ1v) is 6.85. The summed E-state index contributed by atoms with van der Waals surface area (Å²) in [5.41, 5.74) is 2.83. The summed E-state index contributed by atoms with van der Waals surface area (Å²) in [6, 6.07) is 4.65. The summed E-state index contributed by atoms with van der Waals surface area (Å²) in [7, 11) is 2.68. The van der Waals surface area contributed by atoms with Crippen LogP contribution in [-0.4, -0.2) is 38.2 Å². The Morgan fingerprint density at radius 3 is 1.67 bits per heavy atom. The smallest absolute Gasteiger partial charge is 0.328 e. The molecule has 2 atom stereocenters. The van der Waals surface area contributed by atoms with Crippen molar-refractivity contribution in [2.75, 3.05) is 19.1 Å². The Kier molecular flexibility index (Phi) is 5.76. The van der Waals surface area contributed by atoms with E-state index < -0.39 is 24.0 Å². The zero-order chi connectivity index (χ0) is 16.2. The van der Waals surface area contributed by atoms with Crippen LogP contribution in [0.1, 0.15) is 25.0 Å². The fraction of sp³-hybridized carbons (Fsp3) is 0.500. The molecule has 0 amide bonds. The maximum absolute atomic E-state index is 11.9. The minimum atomic E-state index is -0.594. The second kappa shape index (κ2) is 7.11. The number of hydrogen-bond acceptors (Lipinski definition) is 5. The predicted molar refractivity (Wildman–Crippen MR) is 81.4 cm³/mol. The molecule has 5 nitrogen and oxygen atoms in total. The highest BCUT2D eigenvalue weighted by molar-refractivity contribution is 5.87. The Morgan fingerprint density at radius 2 is 1.33 bits per heavy atom. The topological polar surface area (TPSA) is 55.8 Å². The van der Waals surface area contributed by atoms with Gasteiger partial charge in [0.1, 0.15) is 12.1 Å². The number of rotatable bonds is 5. The lowest BCUT2D eigenvalue weighted by Gasteiger charge is -2.35. The van der Waals surface area contributed by atoms with Gasteiger partial charge in [-0.2, -0.15) is 0 Å². The van der Waals surface area contributed by atoms with Gasteiger partial charge in [-0.25, -0.2) is 9.59 Å². The van der Waals surface area contributed by atoms with Crippen molar-refractivity contribution < 1.29 is 19.1 Å². The molecule has 0 N–H and O–H groups in total. The summed E-state index contributed by atoms with van der Waals surface area (Å²) in [4.78, 5) is 25.6. The SMILES string of the molecule is COC(=O)C(C)N(c1c(C)cccc1C)C(C)C(=O)OC. The van der Waals surface area contributed by atoms with Gasteiger partial charge in [-0.3, -0.25) is 0 Å². The van der Waals surface area contributed by atoms with Crippen molar-refractivity contribution in [3.63, 3.8) is 0 Å². The van der Waals surface area contributed by atoms with E-state index >= 15 is 0 Å². The minimum Gasteiger partial charge on any atom is -0.467 e. The molecule has 0 aliphatic heterocycles. The van der Waals surface area contributed by atoms with Gasteiger partial charge in [0.25, 0.3) is 0 Å². The number of anilines is 1. The lowest BCUT2D eigenvalue weighted by molar-refractivity contribution is -0.144. The van der Waals surface area contributed by atoms with E-state index in [1.54, 1.807) is 18.7 Å². The van der Waals surface area contributed by atoms with Gasteiger partial charge in [0.2, 0.25) is 0 Å². The van der Waals surface area contributed by atoms with Gasteiger partial charge in [-0.15, -0.1) is 0 Å². The fourth-order valence-corrected chi connectivity index (χ4v) is 2.50. The molecule has 0 saturated heterocycles. The number of carbonyl (C=O) groups is 2. The molecule has 0 fully saturated rings. The molecule has 0 aliphatic carbocycles. The Hall–Kier alpha value is -2.04. The second-order valence-electron chi connectivity index (χ2n) is 5.05. The van der Waals surface area contributed by atoms with Gasteiger partial charge in [-0.1, -0.05) is 18.2 Å². The van der Waals surface area contributed by atoms with Crippen LogP contribution in [0.2, 0.25) is 0 Å². The van der Waals surface area contributed by atoms with Crippen molar-refractivity contribution in [3.05, 3.63) is 29.3 Å². The van der Waals surface area contributed by atoms with Gasteiger partial charge in [0.05, 0.1) is 14.2 Å². The maximum Gasteiger partial charge on any atom is 0.328 e. The third-order valence-corrected chi connectivity index (χ3v) is 3.62. The van der Waals surface area contributed by atoms with E-state index in [9.17, 15) is 9.59 Å². The van der Waals surface area contributed by atoms with E-state index in [0.29, 0.717) is 0 Å². The van der Waals surface area contributed by atoms with Crippen molar-refractivity contribution in [1.29, 1.82) is 0 Å². The van der Waals surface area contributed by atoms with Crippen LogP contribution in [0.5, 0.6) is 0 Å². The van der Waals surface area contributed by atoms with E-state index in [1.807, 2.05) is 32.0 Å². The summed E-state index contributed by atoms with van der Waals surface area (Å²) in [5.74, 6) is -0.790. The Bertz CT molecular complexity index is 485. The van der Waals surface area contributed by atoms with Crippen molar-refractivity contribution in [2.24, 2.45) is 0 Å². The molecule has 0 bridgehead atoms. The zero-order valence-corrected chi connectivity index (χ0v) is 13.5. The van der Waals surface area contributed by atoms with Gasteiger partial charge in [0.15, 0.2) is 0 Å². The highest BCUT2D eigenvalue weighted by Crippen LogP contribution is 2.29. The molecule has 1 aromatic rings. The highest BCUT2D eigenvalue weighted by atomic mass is 16.5. The first-order chi connectivity index (χ1) is 9.84. The van der Waals surface area contributed by atoms with Crippen LogP contribution in [0, 0.1) is 13.8 Å². The van der Waals surface area contributed by atoms with Crippen LogP contribution in [-0.2, 0) is 19.1 Å². The van der Waals surface area contributed by atoms with E-state index in [1.165, 1.54) is 14.2 Å². The molecule has 0 heterocycles. The molecular weight excluding hydrogens is 270 g/mol. The summed E-state index contributed by atoms with van der Waals surface area (Å²) < 4.78 is 9.65. The number of aryl methyl sites for hydroxylation is 2. The van der Waals surface area contributed by atoms with Crippen LogP contribution in [0.25, 0.3) is 0 Å². The molecule has 2 unspecified atom stereocenters. The fourth-order valence-electron chi connectivity index (χ4n) is 2.50. The first kappa shape index (κ1) is 17.0. The van der Waals surface area contributed by atoms with Crippen molar-refractivity contribution in [2.45, 2.75) is 39.8 Å². The first-order valence-electron chi connectivity index (χ1n) is 6.85. The lowest BCUT2D eigenvalue weighted by atomic mass is 10.0. The third kappa shape index (κ3) is 3.54. The Morgan fingerprint density at radius 1 is 0.952 bits per heavy atom. The van der Waals surface area contributed by atoms with Crippen LogP contribution in [0.3, 0.4) is 0 Å². The van der Waals surface area contributed by atoms with Crippen molar-refractivity contribution >= 4 is 17.6 Å². The molecular formula is C16H23NO4. The highest BCUT2D eigenvalue weighted by Gasteiger charge is 2.32. The van der Waals surface area contributed by atoms with Crippen molar-refractivity contribution in [3.8, 4) is 0 Å². The molecule has 116 valence electrons. The van der Waals surface area contributed by atoms with Crippen LogP contribution < -0.4 is 4.90 Å². The summed E-state index contributed by atoms with van der Waals surface area (Å²) in [6.07, 6.45) is 0. The molecule has 1 aromatic carbocycles. The molecule has 5 heteroatoms. The Balaban J connectivity index is 3.37. The molecule has 0 radical (unpaired) electrons. The van der Waals surface area contributed by atoms with Crippen LogP contribution in [0.15, 0.2) is 18.2 Å². The predicted octanol–water partition coefficient (Wildman–Crippen LogP) is 2.23. The number of benzene rings is 1. The van der Waals surface area contributed by atoms with Gasteiger partial charge in [-0.05, 0) is 38.8 Å². The third-order valence-electron chi connectivity index (χ3n) is 3.62. The molecule has 0 aliphatic rings. The molecule has 0 aromatic heterocycles. The number of para-hydroxylation sites is 1.